The van der Waals surface area contributed by atoms with E-state index >= 15 is 0 Å². The lowest BCUT2D eigenvalue weighted by Crippen LogP contribution is -2.44. The number of hydrogen-bond acceptors (Lipinski definition) is 4. The van der Waals surface area contributed by atoms with Crippen LogP contribution in [0.4, 0.5) is 0 Å². The van der Waals surface area contributed by atoms with Crippen molar-refractivity contribution in [3.05, 3.63) is 20.8 Å². The van der Waals surface area contributed by atoms with Gasteiger partial charge in [-0.1, -0.05) is 0 Å². The van der Waals surface area contributed by atoms with Crippen LogP contribution in [0, 0.1) is 0 Å². The van der Waals surface area contributed by atoms with Crippen molar-refractivity contribution in [3.8, 4) is 0 Å². The maximum absolute atomic E-state index is 11.8. The third-order valence-electron chi connectivity index (χ3n) is 2.97. The molecular weight excluding hydrogens is 314 g/mol. The minimum absolute atomic E-state index is 0.0252. The summed E-state index contributed by atoms with van der Waals surface area (Å²) in [5, 5.41) is 8.21. The zero-order valence-corrected chi connectivity index (χ0v) is 12.6. The van der Waals surface area contributed by atoms with Crippen LogP contribution in [-0.4, -0.2) is 50.1 Å². The first-order chi connectivity index (χ1) is 8.77. The van der Waals surface area contributed by atoms with Crippen LogP contribution in [-0.2, 0) is 0 Å². The van der Waals surface area contributed by atoms with E-state index in [9.17, 15) is 4.79 Å². The van der Waals surface area contributed by atoms with Crippen LogP contribution >= 0.6 is 27.3 Å². The van der Waals surface area contributed by atoms with Crippen LogP contribution in [0.3, 0.4) is 0 Å². The number of thiophene rings is 1. The predicted molar refractivity (Wildman–Crippen MR) is 78.3 cm³/mol. The maximum atomic E-state index is 11.8. The number of nitrogens with zero attached hydrogens (tertiary/aromatic N) is 1. The van der Waals surface area contributed by atoms with Gasteiger partial charge in [0, 0.05) is 37.2 Å². The van der Waals surface area contributed by atoms with E-state index in [2.05, 4.69) is 31.5 Å². The molecule has 1 aromatic rings. The molecule has 1 amide bonds. The fourth-order valence-electron chi connectivity index (χ4n) is 1.98. The molecular formula is C12H18BrN3OS. The molecule has 2 rings (SSSR count). The van der Waals surface area contributed by atoms with Gasteiger partial charge in [0.15, 0.2) is 0 Å². The molecule has 0 atom stereocenters. The van der Waals surface area contributed by atoms with E-state index in [1.54, 1.807) is 0 Å². The summed E-state index contributed by atoms with van der Waals surface area (Å²) in [6.07, 6.45) is 1.01. The molecule has 0 aliphatic carbocycles. The molecule has 1 fully saturated rings. The van der Waals surface area contributed by atoms with E-state index in [1.165, 1.54) is 11.3 Å². The van der Waals surface area contributed by atoms with Gasteiger partial charge in [0.2, 0.25) is 0 Å². The second-order valence-corrected chi connectivity index (χ2v) is 6.07. The fraction of sp³-hybridized carbons (Fsp3) is 0.583. The van der Waals surface area contributed by atoms with Crippen molar-refractivity contribution in [1.29, 1.82) is 0 Å². The molecule has 0 aromatic carbocycles. The van der Waals surface area contributed by atoms with Gasteiger partial charge in [0.1, 0.15) is 4.88 Å². The lowest BCUT2D eigenvalue weighted by molar-refractivity contribution is 0.0954. The Morgan fingerprint density at radius 1 is 1.50 bits per heavy atom. The Morgan fingerprint density at radius 3 is 2.94 bits per heavy atom. The highest BCUT2D eigenvalue weighted by Crippen LogP contribution is 2.22. The first-order valence-electron chi connectivity index (χ1n) is 6.21. The first-order valence-corrected chi connectivity index (χ1v) is 7.89. The molecule has 0 spiro atoms. The van der Waals surface area contributed by atoms with Crippen LogP contribution in [0.5, 0.6) is 0 Å². The number of rotatable bonds is 5. The molecule has 2 heterocycles. The molecule has 4 nitrogen and oxygen atoms in total. The van der Waals surface area contributed by atoms with Crippen LogP contribution in [0.25, 0.3) is 0 Å². The average molecular weight is 332 g/mol. The number of carbonyl (C=O) groups is 1. The quantitative estimate of drug-likeness (QED) is 0.804. The lowest BCUT2D eigenvalue weighted by atomic mass is 10.3. The number of nitrogens with one attached hydrogen (secondary N) is 2. The van der Waals surface area contributed by atoms with E-state index < -0.39 is 0 Å². The van der Waals surface area contributed by atoms with Gasteiger partial charge < -0.3 is 15.5 Å². The molecule has 1 saturated heterocycles. The van der Waals surface area contributed by atoms with Gasteiger partial charge in [-0.25, -0.2) is 0 Å². The van der Waals surface area contributed by atoms with Crippen molar-refractivity contribution in [2.24, 2.45) is 0 Å². The second kappa shape index (κ2) is 7.23. The summed E-state index contributed by atoms with van der Waals surface area (Å²) in [6.45, 7) is 6.19. The van der Waals surface area contributed by atoms with Crippen molar-refractivity contribution >= 4 is 33.2 Å². The molecule has 0 saturated carbocycles. The topological polar surface area (TPSA) is 44.4 Å². The zero-order valence-electron chi connectivity index (χ0n) is 10.2. The van der Waals surface area contributed by atoms with E-state index in [1.807, 2.05) is 11.4 Å². The Balaban J connectivity index is 1.63. The summed E-state index contributed by atoms with van der Waals surface area (Å²) in [5.41, 5.74) is 0. The summed E-state index contributed by atoms with van der Waals surface area (Å²) in [4.78, 5) is 15.0. The Morgan fingerprint density at radius 2 is 2.28 bits per heavy atom. The highest BCUT2D eigenvalue weighted by atomic mass is 79.9. The van der Waals surface area contributed by atoms with E-state index in [4.69, 9.17) is 0 Å². The Bertz CT molecular complexity index is 390. The highest BCUT2D eigenvalue weighted by Gasteiger charge is 2.11. The van der Waals surface area contributed by atoms with Gasteiger partial charge in [-0.15, -0.1) is 11.3 Å². The molecule has 1 aliphatic rings. The van der Waals surface area contributed by atoms with Crippen LogP contribution in [0.2, 0.25) is 0 Å². The second-order valence-electron chi connectivity index (χ2n) is 4.30. The monoisotopic (exact) mass is 331 g/mol. The first kappa shape index (κ1) is 14.0. The molecule has 1 aliphatic heterocycles. The van der Waals surface area contributed by atoms with Crippen molar-refractivity contribution in [3.63, 3.8) is 0 Å². The zero-order chi connectivity index (χ0) is 12.8. The summed E-state index contributed by atoms with van der Waals surface area (Å²) >= 11 is 4.84. The van der Waals surface area contributed by atoms with Gasteiger partial charge in [0.25, 0.3) is 5.91 Å². The smallest absolute Gasteiger partial charge is 0.262 e. The summed E-state index contributed by atoms with van der Waals surface area (Å²) in [5.74, 6) is 0.0252. The van der Waals surface area contributed by atoms with Gasteiger partial charge in [-0.2, -0.15) is 0 Å². The highest BCUT2D eigenvalue weighted by molar-refractivity contribution is 9.10. The summed E-state index contributed by atoms with van der Waals surface area (Å²) < 4.78 is 0.882. The van der Waals surface area contributed by atoms with Crippen LogP contribution in [0.15, 0.2) is 15.9 Å². The fourth-order valence-corrected chi connectivity index (χ4v) is 3.44. The number of hydrogen-bond donors (Lipinski definition) is 2. The Hall–Kier alpha value is -0.430. The van der Waals surface area contributed by atoms with Crippen molar-refractivity contribution in [1.82, 2.24) is 15.5 Å². The third kappa shape index (κ3) is 4.05. The molecule has 1 aromatic heterocycles. The number of amides is 1. The predicted octanol–water partition coefficient (Wildman–Crippen LogP) is 1.54. The number of carbonyl (C=O) groups excluding carboxylic acids is 1. The van der Waals surface area contributed by atoms with Crippen molar-refractivity contribution < 1.29 is 4.79 Å². The van der Waals surface area contributed by atoms with E-state index in [-0.39, 0.29) is 5.91 Å². The molecule has 0 unspecified atom stereocenters. The van der Waals surface area contributed by atoms with Crippen molar-refractivity contribution in [2.75, 3.05) is 39.3 Å². The number of piperazine rings is 1. The maximum Gasteiger partial charge on any atom is 0.262 e. The van der Waals surface area contributed by atoms with Gasteiger partial charge in [-0.05, 0) is 40.3 Å². The van der Waals surface area contributed by atoms with Gasteiger partial charge in [0.05, 0.1) is 0 Å². The number of halogens is 1. The largest absolute Gasteiger partial charge is 0.351 e. The molecule has 0 bridgehead atoms. The van der Waals surface area contributed by atoms with E-state index in [0.717, 1.165) is 55.0 Å². The van der Waals surface area contributed by atoms with Crippen molar-refractivity contribution in [2.45, 2.75) is 6.42 Å². The van der Waals surface area contributed by atoms with Gasteiger partial charge >= 0.3 is 0 Å². The normalized spacial score (nSPS) is 16.7. The van der Waals surface area contributed by atoms with Gasteiger partial charge in [-0.3, -0.25) is 4.79 Å². The average Bonchev–Trinajstić information content (AvgIpc) is 2.82. The molecule has 2 N–H and O–H groups in total. The minimum Gasteiger partial charge on any atom is -0.351 e. The molecule has 18 heavy (non-hydrogen) atoms. The Kier molecular flexibility index (Phi) is 5.62. The molecule has 100 valence electrons. The lowest BCUT2D eigenvalue weighted by Gasteiger charge is -2.27. The summed E-state index contributed by atoms with van der Waals surface area (Å²) in [6, 6.07) is 1.90. The third-order valence-corrected chi connectivity index (χ3v) is 4.81. The van der Waals surface area contributed by atoms with Crippen LogP contribution < -0.4 is 10.6 Å². The standard InChI is InChI=1S/C12H18BrN3OS/c13-10-2-9-18-11(10)12(17)15-3-1-6-16-7-4-14-5-8-16/h2,9,14H,1,3-8H2,(H,15,17). The molecule has 6 heteroatoms. The minimum atomic E-state index is 0.0252. The summed E-state index contributed by atoms with van der Waals surface area (Å²) in [7, 11) is 0. The van der Waals surface area contributed by atoms with E-state index in [0.29, 0.717) is 0 Å². The van der Waals surface area contributed by atoms with Crippen LogP contribution in [0.1, 0.15) is 16.1 Å². The Labute approximate surface area is 120 Å². The molecule has 0 radical (unpaired) electrons. The SMILES string of the molecule is O=C(NCCCN1CCNCC1)c1sccc1Br.